The molecule has 0 aliphatic heterocycles. The van der Waals surface area contributed by atoms with Gasteiger partial charge in [0.2, 0.25) is 5.91 Å². The number of carbonyl (C=O) groups excluding carboxylic acids is 1. The van der Waals surface area contributed by atoms with Crippen LogP contribution in [0.3, 0.4) is 0 Å². The second-order valence-electron chi connectivity index (χ2n) is 8.58. The average molecular weight is 579 g/mol. The Labute approximate surface area is 242 Å². The van der Waals surface area contributed by atoms with Crippen molar-refractivity contribution in [2.45, 2.75) is 30.4 Å². The third-order valence-electron chi connectivity index (χ3n) is 5.76. The van der Waals surface area contributed by atoms with Crippen LogP contribution < -0.4 is 25.4 Å². The van der Waals surface area contributed by atoms with E-state index in [1.165, 1.54) is 28.7 Å². The van der Waals surface area contributed by atoms with E-state index in [2.05, 4.69) is 20.9 Å². The normalized spacial score (nSPS) is 11.4. The maximum absolute atomic E-state index is 13.1. The summed E-state index contributed by atoms with van der Waals surface area (Å²) in [5.74, 6) is 1.18. The van der Waals surface area contributed by atoms with Crippen LogP contribution in [0.5, 0.6) is 11.5 Å². The fourth-order valence-electron chi connectivity index (χ4n) is 3.71. The van der Waals surface area contributed by atoms with E-state index in [1.54, 1.807) is 14.2 Å². The van der Waals surface area contributed by atoms with E-state index in [-0.39, 0.29) is 11.2 Å². The Hall–Kier alpha value is -3.60. The summed E-state index contributed by atoms with van der Waals surface area (Å²) in [7, 11) is 3.20. The van der Waals surface area contributed by atoms with Crippen molar-refractivity contribution >= 4 is 62.8 Å². The maximum atomic E-state index is 13.1. The van der Waals surface area contributed by atoms with Gasteiger partial charge < -0.3 is 25.4 Å². The van der Waals surface area contributed by atoms with Gasteiger partial charge in [-0.2, -0.15) is 0 Å². The molecule has 202 valence electrons. The van der Waals surface area contributed by atoms with Crippen molar-refractivity contribution in [3.05, 3.63) is 77.7 Å². The van der Waals surface area contributed by atoms with Crippen LogP contribution >= 0.6 is 35.3 Å². The lowest BCUT2D eigenvalue weighted by Crippen LogP contribution is -2.24. The molecule has 3 aromatic carbocycles. The molecule has 1 atom stereocenters. The highest BCUT2D eigenvalue weighted by Gasteiger charge is 2.20. The molecule has 0 aliphatic rings. The molecule has 3 N–H and O–H groups in total. The quantitative estimate of drug-likeness (QED) is 0.132. The minimum atomic E-state index is -0.286. The average Bonchev–Trinajstić information content (AvgIpc) is 3.41. The van der Waals surface area contributed by atoms with Crippen molar-refractivity contribution in [1.29, 1.82) is 0 Å². The van der Waals surface area contributed by atoms with Gasteiger partial charge in [-0.15, -0.1) is 23.1 Å². The van der Waals surface area contributed by atoms with E-state index in [9.17, 15) is 4.79 Å². The molecule has 4 rings (SSSR count). The molecule has 0 aliphatic carbocycles. The molecule has 39 heavy (non-hydrogen) atoms. The summed E-state index contributed by atoms with van der Waals surface area (Å²) in [5.41, 5.74) is 4.59. The van der Waals surface area contributed by atoms with Crippen LogP contribution in [-0.2, 0) is 4.79 Å². The van der Waals surface area contributed by atoms with Gasteiger partial charge in [0.1, 0.15) is 0 Å². The van der Waals surface area contributed by atoms with Crippen LogP contribution in [0, 0.1) is 6.92 Å². The van der Waals surface area contributed by atoms with Gasteiger partial charge in [0, 0.05) is 27.2 Å². The fourth-order valence-corrected chi connectivity index (χ4v) is 5.68. The number of nitrogens with one attached hydrogen (secondary N) is 3. The first-order chi connectivity index (χ1) is 18.9. The summed E-state index contributed by atoms with van der Waals surface area (Å²) in [6, 6.07) is 21.5. The van der Waals surface area contributed by atoms with Gasteiger partial charge in [-0.1, -0.05) is 30.7 Å². The lowest BCUT2D eigenvalue weighted by Gasteiger charge is -2.15. The highest BCUT2D eigenvalue weighted by molar-refractivity contribution is 8.00. The summed E-state index contributed by atoms with van der Waals surface area (Å²) in [6.45, 7) is 4.04. The standard InChI is InChI=1S/C29H30N4O3S3/c1-5-26(27(34)33-29-32-23(17-38-29)19-11-14-24(35-3)25(15-19)36-4)39-22-8-6-7-21(16-22)31-28(37)30-20-12-9-18(2)10-13-20/h6-17,26H,5H2,1-4H3,(H2,30,31,37)(H,32,33,34). The van der Waals surface area contributed by atoms with E-state index >= 15 is 0 Å². The molecule has 1 heterocycles. The van der Waals surface area contributed by atoms with E-state index in [1.807, 2.05) is 86.0 Å². The molecule has 1 amide bonds. The van der Waals surface area contributed by atoms with Crippen LogP contribution in [0.15, 0.2) is 77.0 Å². The van der Waals surface area contributed by atoms with Crippen LogP contribution in [0.4, 0.5) is 16.5 Å². The highest BCUT2D eigenvalue weighted by atomic mass is 32.2. The summed E-state index contributed by atoms with van der Waals surface area (Å²) in [6.07, 6.45) is 0.662. The number of aromatic nitrogens is 1. The van der Waals surface area contributed by atoms with E-state index < -0.39 is 0 Å². The number of amides is 1. The van der Waals surface area contributed by atoms with Gasteiger partial charge in [0.15, 0.2) is 21.7 Å². The molecule has 0 saturated carbocycles. The molecule has 10 heteroatoms. The molecule has 0 spiro atoms. The number of carbonyl (C=O) groups is 1. The molecular weight excluding hydrogens is 549 g/mol. The number of nitrogens with zero attached hydrogens (tertiary/aromatic N) is 1. The number of anilines is 3. The first kappa shape index (κ1) is 28.4. The molecule has 0 radical (unpaired) electrons. The van der Waals surface area contributed by atoms with E-state index in [0.717, 1.165) is 27.5 Å². The van der Waals surface area contributed by atoms with Crippen molar-refractivity contribution in [2.75, 3.05) is 30.2 Å². The molecule has 7 nitrogen and oxygen atoms in total. The number of thioether (sulfide) groups is 1. The largest absolute Gasteiger partial charge is 0.493 e. The van der Waals surface area contributed by atoms with Crippen LogP contribution in [-0.4, -0.2) is 35.5 Å². The molecule has 0 saturated heterocycles. The van der Waals surface area contributed by atoms with Crippen molar-refractivity contribution in [3.8, 4) is 22.8 Å². The maximum Gasteiger partial charge on any atom is 0.239 e. The molecule has 0 bridgehead atoms. The number of hydrogen-bond donors (Lipinski definition) is 3. The zero-order chi connectivity index (χ0) is 27.8. The van der Waals surface area contributed by atoms with E-state index in [4.69, 9.17) is 21.7 Å². The topological polar surface area (TPSA) is 84.5 Å². The van der Waals surface area contributed by atoms with Crippen molar-refractivity contribution in [3.63, 3.8) is 0 Å². The Bertz CT molecular complexity index is 1440. The van der Waals surface area contributed by atoms with Crippen LogP contribution in [0.25, 0.3) is 11.3 Å². The highest BCUT2D eigenvalue weighted by Crippen LogP contribution is 2.34. The lowest BCUT2D eigenvalue weighted by atomic mass is 10.1. The zero-order valence-electron chi connectivity index (χ0n) is 22.1. The number of rotatable bonds is 10. The SMILES string of the molecule is CCC(Sc1cccc(NC(=S)Nc2ccc(C)cc2)c1)C(=O)Nc1nc(-c2ccc(OC)c(OC)c2)cs1. The van der Waals surface area contributed by atoms with E-state index in [0.29, 0.717) is 28.2 Å². The molecule has 1 unspecified atom stereocenters. The first-order valence-electron chi connectivity index (χ1n) is 12.3. The number of thiocarbonyl (C=S) groups is 1. The predicted octanol–water partition coefficient (Wildman–Crippen LogP) is 7.45. The van der Waals surface area contributed by atoms with Gasteiger partial charge in [-0.05, 0) is 74.1 Å². The number of methoxy groups -OCH3 is 2. The third-order valence-corrected chi connectivity index (χ3v) is 8.08. The number of thiazole rings is 1. The summed E-state index contributed by atoms with van der Waals surface area (Å²) in [4.78, 5) is 18.7. The summed E-state index contributed by atoms with van der Waals surface area (Å²) >= 11 is 8.36. The van der Waals surface area contributed by atoms with Gasteiger partial charge in [-0.3, -0.25) is 4.79 Å². The Balaban J connectivity index is 1.37. The fraction of sp³-hybridized carbons (Fsp3) is 0.207. The van der Waals surface area contributed by atoms with Gasteiger partial charge in [0.25, 0.3) is 0 Å². The predicted molar refractivity (Wildman–Crippen MR) is 167 cm³/mol. The number of benzene rings is 3. The smallest absolute Gasteiger partial charge is 0.239 e. The van der Waals surface area contributed by atoms with Gasteiger partial charge in [-0.25, -0.2) is 4.98 Å². The zero-order valence-corrected chi connectivity index (χ0v) is 24.6. The van der Waals surface area contributed by atoms with Gasteiger partial charge in [0.05, 0.1) is 25.2 Å². The molecule has 1 aromatic heterocycles. The molecular formula is C29H30N4O3S3. The van der Waals surface area contributed by atoms with Crippen LogP contribution in [0.1, 0.15) is 18.9 Å². The number of ether oxygens (including phenoxy) is 2. The summed E-state index contributed by atoms with van der Waals surface area (Å²) < 4.78 is 10.7. The van der Waals surface area contributed by atoms with Crippen molar-refractivity contribution < 1.29 is 14.3 Å². The molecule has 4 aromatic rings. The Morgan fingerprint density at radius 1 is 0.974 bits per heavy atom. The second kappa shape index (κ2) is 13.5. The minimum absolute atomic E-state index is 0.0920. The van der Waals surface area contributed by atoms with Crippen LogP contribution in [0.2, 0.25) is 0 Å². The minimum Gasteiger partial charge on any atom is -0.493 e. The Kier molecular flexibility index (Phi) is 9.80. The number of hydrogen-bond acceptors (Lipinski definition) is 7. The Morgan fingerprint density at radius 2 is 1.72 bits per heavy atom. The lowest BCUT2D eigenvalue weighted by molar-refractivity contribution is -0.115. The van der Waals surface area contributed by atoms with Crippen molar-refractivity contribution in [2.24, 2.45) is 0 Å². The third kappa shape index (κ3) is 7.72. The monoisotopic (exact) mass is 578 g/mol. The van der Waals surface area contributed by atoms with Crippen molar-refractivity contribution in [1.82, 2.24) is 4.98 Å². The first-order valence-corrected chi connectivity index (χ1v) is 14.5. The van der Waals surface area contributed by atoms with Gasteiger partial charge >= 0.3 is 0 Å². The molecule has 0 fully saturated rings. The number of aryl methyl sites for hydroxylation is 1. The Morgan fingerprint density at radius 3 is 2.44 bits per heavy atom. The second-order valence-corrected chi connectivity index (χ2v) is 11.1. The summed E-state index contributed by atoms with van der Waals surface area (Å²) in [5, 5.41) is 12.1.